The van der Waals surface area contributed by atoms with Crippen molar-refractivity contribution in [3.05, 3.63) is 45.8 Å². The van der Waals surface area contributed by atoms with Gasteiger partial charge in [-0.15, -0.1) is 0 Å². The second kappa shape index (κ2) is 6.34. The summed E-state index contributed by atoms with van der Waals surface area (Å²) in [5.74, 6) is -0.418. The first-order chi connectivity index (χ1) is 9.61. The molecule has 1 N–H and O–H groups in total. The van der Waals surface area contributed by atoms with Gasteiger partial charge in [0.25, 0.3) is 5.91 Å². The Bertz CT molecular complexity index is 675. The van der Waals surface area contributed by atoms with Gasteiger partial charge in [0, 0.05) is 25.6 Å². The molecule has 20 heavy (non-hydrogen) atoms. The minimum Gasteiger partial charge on any atom is -0.422 e. The van der Waals surface area contributed by atoms with E-state index in [0.717, 1.165) is 10.9 Å². The van der Waals surface area contributed by atoms with Crippen LogP contribution in [0.2, 0.25) is 0 Å². The molecular formula is C15H17NO4. The lowest BCUT2D eigenvalue weighted by Crippen LogP contribution is -2.29. The minimum atomic E-state index is -0.620. The van der Waals surface area contributed by atoms with Gasteiger partial charge in [0.05, 0.1) is 0 Å². The summed E-state index contributed by atoms with van der Waals surface area (Å²) in [6.07, 6.45) is 0.695. The summed E-state index contributed by atoms with van der Waals surface area (Å²) in [6, 6.07) is 7.03. The maximum Gasteiger partial charge on any atom is 0.349 e. The van der Waals surface area contributed by atoms with Crippen LogP contribution in [0.3, 0.4) is 0 Å². The number of carbonyl (C=O) groups is 1. The molecule has 0 spiro atoms. The molecule has 0 saturated carbocycles. The van der Waals surface area contributed by atoms with Gasteiger partial charge in [-0.25, -0.2) is 4.79 Å². The Morgan fingerprint density at radius 2 is 2.15 bits per heavy atom. The second-order valence-electron chi connectivity index (χ2n) is 4.59. The molecular weight excluding hydrogens is 258 g/mol. The Morgan fingerprint density at radius 3 is 2.90 bits per heavy atom. The standard InChI is InChI=1S/C15H17NO4/c1-10-4-5-13-11(8-10)9-12(15(18)20-13)14(17)16-6-3-7-19-2/h4-5,8-9H,3,6-7H2,1-2H3,(H,16,17). The largest absolute Gasteiger partial charge is 0.422 e. The molecule has 1 aromatic heterocycles. The molecule has 5 nitrogen and oxygen atoms in total. The Hall–Kier alpha value is -2.14. The Kier molecular flexibility index (Phi) is 4.53. The van der Waals surface area contributed by atoms with E-state index in [1.54, 1.807) is 19.2 Å². The molecule has 0 bridgehead atoms. The maximum absolute atomic E-state index is 11.9. The van der Waals surface area contributed by atoms with Crippen LogP contribution in [0, 0.1) is 6.92 Å². The first-order valence-corrected chi connectivity index (χ1v) is 6.43. The molecule has 0 atom stereocenters. The Morgan fingerprint density at radius 1 is 1.35 bits per heavy atom. The zero-order valence-electron chi connectivity index (χ0n) is 11.6. The highest BCUT2D eigenvalue weighted by Gasteiger charge is 2.13. The summed E-state index contributed by atoms with van der Waals surface area (Å²) >= 11 is 0. The van der Waals surface area contributed by atoms with Gasteiger partial charge in [-0.05, 0) is 31.5 Å². The smallest absolute Gasteiger partial charge is 0.349 e. The molecule has 106 valence electrons. The van der Waals surface area contributed by atoms with Crippen LogP contribution in [0.15, 0.2) is 33.5 Å². The zero-order valence-corrected chi connectivity index (χ0v) is 11.6. The van der Waals surface area contributed by atoms with E-state index in [1.165, 1.54) is 0 Å². The zero-order chi connectivity index (χ0) is 14.5. The number of aryl methyl sites for hydroxylation is 1. The number of ether oxygens (including phenoxy) is 1. The number of hydrogen-bond acceptors (Lipinski definition) is 4. The van der Waals surface area contributed by atoms with E-state index in [1.807, 2.05) is 19.1 Å². The van der Waals surface area contributed by atoms with Gasteiger partial charge in [0.1, 0.15) is 11.1 Å². The third-order valence-electron chi connectivity index (χ3n) is 2.94. The molecule has 0 radical (unpaired) electrons. The van der Waals surface area contributed by atoms with E-state index in [9.17, 15) is 9.59 Å². The molecule has 0 aliphatic rings. The highest BCUT2D eigenvalue weighted by atomic mass is 16.5. The van der Waals surface area contributed by atoms with Gasteiger partial charge in [-0.1, -0.05) is 11.6 Å². The third-order valence-corrected chi connectivity index (χ3v) is 2.94. The van der Waals surface area contributed by atoms with Crippen molar-refractivity contribution in [1.82, 2.24) is 5.32 Å². The fourth-order valence-corrected chi connectivity index (χ4v) is 1.91. The second-order valence-corrected chi connectivity index (χ2v) is 4.59. The van der Waals surface area contributed by atoms with Crippen molar-refractivity contribution in [3.8, 4) is 0 Å². The average Bonchev–Trinajstić information content (AvgIpc) is 2.43. The lowest BCUT2D eigenvalue weighted by Gasteiger charge is -2.05. The SMILES string of the molecule is COCCCNC(=O)c1cc2cc(C)ccc2oc1=O. The van der Waals surface area contributed by atoms with Crippen LogP contribution >= 0.6 is 0 Å². The number of nitrogens with one attached hydrogen (secondary N) is 1. The van der Waals surface area contributed by atoms with E-state index in [0.29, 0.717) is 25.2 Å². The topological polar surface area (TPSA) is 68.5 Å². The molecule has 2 aromatic rings. The molecule has 0 aliphatic carbocycles. The average molecular weight is 275 g/mol. The number of fused-ring (bicyclic) bond motifs is 1. The number of hydrogen-bond donors (Lipinski definition) is 1. The fourth-order valence-electron chi connectivity index (χ4n) is 1.91. The van der Waals surface area contributed by atoms with Crippen molar-refractivity contribution < 1.29 is 13.9 Å². The van der Waals surface area contributed by atoms with Crippen LogP contribution in [0.4, 0.5) is 0 Å². The fraction of sp³-hybridized carbons (Fsp3) is 0.333. The summed E-state index contributed by atoms with van der Waals surface area (Å²) in [5.41, 5.74) is 0.931. The molecule has 0 saturated heterocycles. The van der Waals surface area contributed by atoms with Crippen LogP contribution < -0.4 is 10.9 Å². The van der Waals surface area contributed by atoms with E-state index in [-0.39, 0.29) is 5.56 Å². The first-order valence-electron chi connectivity index (χ1n) is 6.43. The van der Waals surface area contributed by atoms with Crippen molar-refractivity contribution in [2.75, 3.05) is 20.3 Å². The molecule has 5 heteroatoms. The van der Waals surface area contributed by atoms with Crippen LogP contribution in [-0.2, 0) is 4.74 Å². The molecule has 1 heterocycles. The summed E-state index contributed by atoms with van der Waals surface area (Å²) in [4.78, 5) is 23.7. The van der Waals surface area contributed by atoms with E-state index >= 15 is 0 Å². The Balaban J connectivity index is 2.22. The van der Waals surface area contributed by atoms with Crippen molar-refractivity contribution in [2.45, 2.75) is 13.3 Å². The summed E-state index contributed by atoms with van der Waals surface area (Å²) in [5, 5.41) is 3.42. The number of carbonyl (C=O) groups excluding carboxylic acids is 1. The molecule has 0 aliphatic heterocycles. The van der Waals surface area contributed by atoms with Crippen molar-refractivity contribution in [2.24, 2.45) is 0 Å². The summed E-state index contributed by atoms with van der Waals surface area (Å²) < 4.78 is 10.0. The van der Waals surface area contributed by atoms with Crippen LogP contribution in [0.25, 0.3) is 11.0 Å². The lowest BCUT2D eigenvalue weighted by atomic mass is 10.1. The predicted molar refractivity (Wildman–Crippen MR) is 76.0 cm³/mol. The molecule has 0 unspecified atom stereocenters. The minimum absolute atomic E-state index is 0.0283. The van der Waals surface area contributed by atoms with Crippen molar-refractivity contribution in [1.29, 1.82) is 0 Å². The predicted octanol–water partition coefficient (Wildman–Crippen LogP) is 1.87. The van der Waals surface area contributed by atoms with Crippen LogP contribution in [0.5, 0.6) is 0 Å². The monoisotopic (exact) mass is 275 g/mol. The molecule has 1 amide bonds. The van der Waals surface area contributed by atoms with Gasteiger partial charge in [0.2, 0.25) is 0 Å². The highest BCUT2D eigenvalue weighted by Crippen LogP contribution is 2.15. The van der Waals surface area contributed by atoms with Gasteiger partial charge in [0.15, 0.2) is 0 Å². The third kappa shape index (κ3) is 3.24. The van der Waals surface area contributed by atoms with Crippen LogP contribution in [0.1, 0.15) is 22.3 Å². The molecule has 2 rings (SSSR count). The molecule has 0 fully saturated rings. The van der Waals surface area contributed by atoms with E-state index in [2.05, 4.69) is 5.32 Å². The quantitative estimate of drug-likeness (QED) is 0.668. The van der Waals surface area contributed by atoms with Crippen molar-refractivity contribution >= 4 is 16.9 Å². The molecule has 1 aromatic carbocycles. The van der Waals surface area contributed by atoms with Crippen molar-refractivity contribution in [3.63, 3.8) is 0 Å². The number of amides is 1. The number of benzene rings is 1. The van der Waals surface area contributed by atoms with Gasteiger partial charge >= 0.3 is 5.63 Å². The van der Waals surface area contributed by atoms with Crippen LogP contribution in [-0.4, -0.2) is 26.2 Å². The number of methoxy groups -OCH3 is 1. The maximum atomic E-state index is 11.9. The Labute approximate surface area is 116 Å². The van der Waals surface area contributed by atoms with E-state index in [4.69, 9.17) is 9.15 Å². The summed E-state index contributed by atoms with van der Waals surface area (Å²) in [6.45, 7) is 2.96. The highest BCUT2D eigenvalue weighted by molar-refractivity contribution is 5.96. The normalized spacial score (nSPS) is 10.7. The lowest BCUT2D eigenvalue weighted by molar-refractivity contribution is 0.0945. The summed E-state index contributed by atoms with van der Waals surface area (Å²) in [7, 11) is 1.60. The van der Waals surface area contributed by atoms with Gasteiger partial charge in [-0.3, -0.25) is 4.79 Å². The van der Waals surface area contributed by atoms with E-state index < -0.39 is 11.5 Å². The first kappa shape index (κ1) is 14.3. The van der Waals surface area contributed by atoms with Gasteiger partial charge < -0.3 is 14.5 Å². The number of rotatable bonds is 5. The van der Waals surface area contributed by atoms with Gasteiger partial charge in [-0.2, -0.15) is 0 Å².